The Hall–Kier alpha value is -3.82. The fourth-order valence-electron chi connectivity index (χ4n) is 4.90. The number of aliphatic hydroxyl groups excluding tert-OH is 1. The highest BCUT2D eigenvalue weighted by atomic mass is 16.3. The molecular weight excluding hydrogens is 442 g/mol. The van der Waals surface area contributed by atoms with Crippen LogP contribution in [-0.4, -0.2) is 55.0 Å². The Bertz CT molecular complexity index is 1350. The zero-order chi connectivity index (χ0) is 24.4. The van der Waals surface area contributed by atoms with Crippen molar-refractivity contribution in [3.63, 3.8) is 0 Å². The lowest BCUT2D eigenvalue weighted by molar-refractivity contribution is 0.100. The Balaban J connectivity index is 1.56. The zero-order valence-electron chi connectivity index (χ0n) is 19.7. The van der Waals surface area contributed by atoms with Gasteiger partial charge >= 0.3 is 0 Å². The molecule has 4 aromatic rings. The molecule has 1 amide bonds. The topological polar surface area (TPSA) is 133 Å². The van der Waals surface area contributed by atoms with Crippen molar-refractivity contribution in [2.75, 3.05) is 18.5 Å². The first-order valence-electron chi connectivity index (χ1n) is 11.9. The van der Waals surface area contributed by atoms with Crippen LogP contribution in [0.1, 0.15) is 41.3 Å². The maximum absolute atomic E-state index is 12.3. The van der Waals surface area contributed by atoms with Crippen LogP contribution in [0.3, 0.4) is 0 Å². The zero-order valence-corrected chi connectivity index (χ0v) is 19.7. The number of rotatable bonds is 8. The van der Waals surface area contributed by atoms with Gasteiger partial charge < -0.3 is 21.1 Å². The number of fused-ring (bicyclic) bond motifs is 1. The number of hydrogen-bond donors (Lipinski definition) is 4. The smallest absolute Gasteiger partial charge is 0.252 e. The first-order chi connectivity index (χ1) is 17.1. The van der Waals surface area contributed by atoms with Gasteiger partial charge in [0.05, 0.1) is 17.9 Å². The number of anilines is 2. The van der Waals surface area contributed by atoms with E-state index in [2.05, 4.69) is 43.1 Å². The summed E-state index contributed by atoms with van der Waals surface area (Å²) in [6.07, 6.45) is 7.79. The minimum atomic E-state index is -0.570. The Labute approximate surface area is 203 Å². The standard InChI is InChI=1S/C26H29N7O2/c1-2-19-17(14-33-12-4-6-18(33)15-34)5-3-7-21(19)30-22-20(24(27)35)13-29-26-23(22)31-25(32-26)16-8-10-28-11-9-16/h3,5,7-11,13,18,34H,2,4,6,12,14-15H2,1H3,(H2,27,35)(H2,29,30,31,32)/t18-/m1/s1. The number of aliphatic hydroxyl groups is 1. The number of primary amides is 1. The van der Waals surface area contributed by atoms with Crippen LogP contribution in [-0.2, 0) is 13.0 Å². The fourth-order valence-corrected chi connectivity index (χ4v) is 4.90. The lowest BCUT2D eigenvalue weighted by Crippen LogP contribution is -2.32. The van der Waals surface area contributed by atoms with Crippen LogP contribution >= 0.6 is 0 Å². The van der Waals surface area contributed by atoms with Gasteiger partial charge in [0.15, 0.2) is 5.65 Å². The lowest BCUT2D eigenvalue weighted by Gasteiger charge is -2.25. The monoisotopic (exact) mass is 471 g/mol. The molecule has 0 saturated carbocycles. The van der Waals surface area contributed by atoms with Gasteiger partial charge in [-0.05, 0) is 55.1 Å². The number of likely N-dealkylation sites (tertiary alicyclic amines) is 1. The van der Waals surface area contributed by atoms with Crippen molar-refractivity contribution in [2.45, 2.75) is 38.8 Å². The number of nitrogens with one attached hydrogen (secondary N) is 2. The molecule has 3 aromatic heterocycles. The average molecular weight is 472 g/mol. The third kappa shape index (κ3) is 4.48. The summed E-state index contributed by atoms with van der Waals surface area (Å²) in [5.74, 6) is 0.0622. The number of amides is 1. The number of nitrogens with zero attached hydrogens (tertiary/aromatic N) is 4. The number of nitrogens with two attached hydrogens (primary N) is 1. The Kier molecular flexibility index (Phi) is 6.43. The van der Waals surface area contributed by atoms with Crippen LogP contribution in [0.15, 0.2) is 48.9 Å². The third-order valence-electron chi connectivity index (χ3n) is 6.71. The Morgan fingerprint density at radius 2 is 2.11 bits per heavy atom. The predicted octanol–water partition coefficient (Wildman–Crippen LogP) is 3.38. The molecule has 1 aromatic carbocycles. The number of aromatic amines is 1. The first-order valence-corrected chi connectivity index (χ1v) is 11.9. The number of imidazole rings is 1. The van der Waals surface area contributed by atoms with Crippen molar-refractivity contribution in [3.8, 4) is 11.4 Å². The van der Waals surface area contributed by atoms with Gasteiger partial charge in [-0.1, -0.05) is 19.1 Å². The number of carbonyl (C=O) groups excluding carboxylic acids is 1. The molecular formula is C26H29N7O2. The molecule has 9 nitrogen and oxygen atoms in total. The molecule has 1 aliphatic heterocycles. The van der Waals surface area contributed by atoms with E-state index in [0.29, 0.717) is 22.7 Å². The number of aromatic nitrogens is 4. The number of pyridine rings is 2. The summed E-state index contributed by atoms with van der Waals surface area (Å²) in [6, 6.07) is 10.1. The summed E-state index contributed by atoms with van der Waals surface area (Å²) in [6.45, 7) is 4.05. The van der Waals surface area contributed by atoms with Crippen LogP contribution in [0, 0.1) is 0 Å². The van der Waals surface area contributed by atoms with Crippen molar-refractivity contribution in [2.24, 2.45) is 5.73 Å². The van der Waals surface area contributed by atoms with E-state index >= 15 is 0 Å². The molecule has 1 fully saturated rings. The molecule has 0 unspecified atom stereocenters. The highest BCUT2D eigenvalue weighted by Gasteiger charge is 2.25. The van der Waals surface area contributed by atoms with Crippen LogP contribution in [0.25, 0.3) is 22.6 Å². The molecule has 1 aliphatic rings. The molecule has 0 spiro atoms. The van der Waals surface area contributed by atoms with Crippen molar-refractivity contribution < 1.29 is 9.90 Å². The minimum Gasteiger partial charge on any atom is -0.395 e. The second-order valence-corrected chi connectivity index (χ2v) is 8.80. The summed E-state index contributed by atoms with van der Waals surface area (Å²) in [7, 11) is 0. The van der Waals surface area contributed by atoms with E-state index in [0.717, 1.165) is 49.2 Å². The van der Waals surface area contributed by atoms with Gasteiger partial charge in [0.1, 0.15) is 11.3 Å². The van der Waals surface area contributed by atoms with Crippen molar-refractivity contribution in [1.29, 1.82) is 0 Å². The Morgan fingerprint density at radius 3 is 2.86 bits per heavy atom. The van der Waals surface area contributed by atoms with E-state index in [1.807, 2.05) is 24.3 Å². The van der Waals surface area contributed by atoms with E-state index in [1.54, 1.807) is 12.4 Å². The van der Waals surface area contributed by atoms with Crippen molar-refractivity contribution in [1.82, 2.24) is 24.8 Å². The van der Waals surface area contributed by atoms with Crippen LogP contribution in [0.4, 0.5) is 11.4 Å². The molecule has 1 saturated heterocycles. The second-order valence-electron chi connectivity index (χ2n) is 8.80. The van der Waals surface area contributed by atoms with E-state index in [4.69, 9.17) is 5.73 Å². The van der Waals surface area contributed by atoms with Crippen molar-refractivity contribution >= 4 is 28.4 Å². The SMILES string of the molecule is CCc1c(CN2CCC[C@@H]2CO)cccc1Nc1c(C(N)=O)cnc2nc(-c3ccncc3)[nH]c12. The first kappa shape index (κ1) is 22.9. The molecule has 1 atom stereocenters. The quantitative estimate of drug-likeness (QED) is 0.310. The van der Waals surface area contributed by atoms with Gasteiger partial charge in [-0.25, -0.2) is 9.97 Å². The number of carbonyl (C=O) groups is 1. The molecule has 0 radical (unpaired) electrons. The van der Waals surface area contributed by atoms with Gasteiger partial charge in [0.2, 0.25) is 0 Å². The third-order valence-corrected chi connectivity index (χ3v) is 6.71. The Morgan fingerprint density at radius 1 is 1.29 bits per heavy atom. The summed E-state index contributed by atoms with van der Waals surface area (Å²) in [5, 5.41) is 13.2. The predicted molar refractivity (Wildman–Crippen MR) is 135 cm³/mol. The summed E-state index contributed by atoms with van der Waals surface area (Å²) >= 11 is 0. The number of H-pyrrole nitrogens is 1. The van der Waals surface area contributed by atoms with Gasteiger partial charge in [-0.2, -0.15) is 0 Å². The molecule has 35 heavy (non-hydrogen) atoms. The fraction of sp³-hybridized carbons (Fsp3) is 0.308. The van der Waals surface area contributed by atoms with Crippen LogP contribution in [0.5, 0.6) is 0 Å². The second kappa shape index (κ2) is 9.81. The van der Waals surface area contributed by atoms with E-state index in [9.17, 15) is 9.90 Å². The van der Waals surface area contributed by atoms with E-state index in [-0.39, 0.29) is 18.2 Å². The largest absolute Gasteiger partial charge is 0.395 e. The van der Waals surface area contributed by atoms with Gasteiger partial charge in [-0.3, -0.25) is 14.7 Å². The highest BCUT2D eigenvalue weighted by Crippen LogP contribution is 2.33. The van der Waals surface area contributed by atoms with Crippen LogP contribution in [0.2, 0.25) is 0 Å². The minimum absolute atomic E-state index is 0.177. The number of hydrogen-bond acceptors (Lipinski definition) is 7. The molecule has 180 valence electrons. The average Bonchev–Trinajstić information content (AvgIpc) is 3.52. The summed E-state index contributed by atoms with van der Waals surface area (Å²) in [5.41, 5.74) is 11.8. The van der Waals surface area contributed by atoms with Gasteiger partial charge in [0.25, 0.3) is 5.91 Å². The summed E-state index contributed by atoms with van der Waals surface area (Å²) < 4.78 is 0. The van der Waals surface area contributed by atoms with E-state index < -0.39 is 5.91 Å². The number of benzene rings is 1. The van der Waals surface area contributed by atoms with Crippen LogP contribution < -0.4 is 11.1 Å². The highest BCUT2D eigenvalue weighted by molar-refractivity contribution is 6.06. The van der Waals surface area contributed by atoms with E-state index in [1.165, 1.54) is 11.8 Å². The molecule has 9 heteroatoms. The van der Waals surface area contributed by atoms with Gasteiger partial charge in [-0.15, -0.1) is 0 Å². The van der Waals surface area contributed by atoms with Gasteiger partial charge in [0, 0.05) is 42.4 Å². The maximum atomic E-state index is 12.3. The molecule has 5 N–H and O–H groups in total. The normalized spacial score (nSPS) is 16.1. The molecule has 4 heterocycles. The lowest BCUT2D eigenvalue weighted by atomic mass is 10.0. The molecule has 0 bridgehead atoms. The van der Waals surface area contributed by atoms with Crippen molar-refractivity contribution in [3.05, 3.63) is 65.6 Å². The molecule has 0 aliphatic carbocycles. The maximum Gasteiger partial charge on any atom is 0.252 e. The molecule has 5 rings (SSSR count). The summed E-state index contributed by atoms with van der Waals surface area (Å²) in [4.78, 5) is 31.0.